The number of rotatable bonds is 0. The molecule has 4 heteroatoms. The fourth-order valence-corrected chi connectivity index (χ4v) is 1.37. The van der Waals surface area contributed by atoms with E-state index in [-0.39, 0.29) is 11.1 Å². The summed E-state index contributed by atoms with van der Waals surface area (Å²) in [6.07, 6.45) is 1.75. The number of aryl methyl sites for hydroxylation is 1. The molecule has 0 atom stereocenters. The predicted octanol–water partition coefficient (Wildman–Crippen LogP) is 0.510. The monoisotopic (exact) mass is 173 g/mol. The molecule has 0 aromatic carbocycles. The van der Waals surface area contributed by atoms with Gasteiger partial charge in [-0.1, -0.05) is 6.07 Å². The molecule has 0 bridgehead atoms. The summed E-state index contributed by atoms with van der Waals surface area (Å²) in [5, 5.41) is 8.75. The van der Waals surface area contributed by atoms with Gasteiger partial charge >= 0.3 is 0 Å². The average Bonchev–Trinajstić information content (AvgIpc) is 2.41. The van der Waals surface area contributed by atoms with Gasteiger partial charge < -0.3 is 0 Å². The van der Waals surface area contributed by atoms with Crippen LogP contribution in [0.2, 0.25) is 0 Å². The molecule has 0 amide bonds. The van der Waals surface area contributed by atoms with Crippen molar-refractivity contribution in [2.45, 2.75) is 0 Å². The van der Waals surface area contributed by atoms with Crippen LogP contribution < -0.4 is 5.56 Å². The zero-order chi connectivity index (χ0) is 9.42. The lowest BCUT2D eigenvalue weighted by Gasteiger charge is -1.96. The maximum absolute atomic E-state index is 11.4. The zero-order valence-electron chi connectivity index (χ0n) is 7.06. The first-order chi connectivity index (χ1) is 6.25. The third-order valence-corrected chi connectivity index (χ3v) is 2.04. The van der Waals surface area contributed by atoms with Gasteiger partial charge in [-0.3, -0.25) is 9.31 Å². The molecule has 2 heterocycles. The number of hydrogen-bond acceptors (Lipinski definition) is 2. The first-order valence-electron chi connectivity index (χ1n) is 3.82. The predicted molar refractivity (Wildman–Crippen MR) is 47.4 cm³/mol. The molecule has 0 unspecified atom stereocenters. The molecule has 0 saturated heterocycles. The van der Waals surface area contributed by atoms with Crippen molar-refractivity contribution < 1.29 is 0 Å². The van der Waals surface area contributed by atoms with Crippen molar-refractivity contribution in [3.63, 3.8) is 0 Å². The number of fused-ring (bicyclic) bond motifs is 1. The van der Waals surface area contributed by atoms with E-state index in [0.29, 0.717) is 5.52 Å². The Hall–Kier alpha value is -2.02. The van der Waals surface area contributed by atoms with E-state index in [9.17, 15) is 4.79 Å². The summed E-state index contributed by atoms with van der Waals surface area (Å²) in [7, 11) is 1.64. The van der Waals surface area contributed by atoms with Crippen molar-refractivity contribution in [1.82, 2.24) is 9.20 Å². The highest BCUT2D eigenvalue weighted by molar-refractivity contribution is 5.59. The lowest BCUT2D eigenvalue weighted by Crippen LogP contribution is -2.16. The molecule has 64 valence electrons. The average molecular weight is 173 g/mol. The molecule has 0 aliphatic rings. The molecule has 0 radical (unpaired) electrons. The summed E-state index contributed by atoms with van der Waals surface area (Å²) >= 11 is 0. The van der Waals surface area contributed by atoms with Gasteiger partial charge in [0.1, 0.15) is 11.6 Å². The molecule has 0 N–H and O–H groups in total. The van der Waals surface area contributed by atoms with Crippen LogP contribution in [0, 0.1) is 11.3 Å². The molecular weight excluding hydrogens is 166 g/mol. The van der Waals surface area contributed by atoms with Crippen LogP contribution >= 0.6 is 0 Å². The van der Waals surface area contributed by atoms with Gasteiger partial charge in [0.15, 0.2) is 0 Å². The molecular formula is C9H7N3O. The maximum atomic E-state index is 11.4. The first-order valence-corrected chi connectivity index (χ1v) is 3.82. The molecule has 4 nitrogen and oxygen atoms in total. The second kappa shape index (κ2) is 2.49. The van der Waals surface area contributed by atoms with Crippen LogP contribution in [0.3, 0.4) is 0 Å². The van der Waals surface area contributed by atoms with Crippen molar-refractivity contribution in [3.05, 3.63) is 40.3 Å². The van der Waals surface area contributed by atoms with E-state index in [2.05, 4.69) is 0 Å². The first kappa shape index (κ1) is 7.62. The highest BCUT2D eigenvalue weighted by Crippen LogP contribution is 2.04. The van der Waals surface area contributed by atoms with Crippen LogP contribution in [0.15, 0.2) is 29.2 Å². The smallest absolute Gasteiger partial charge is 0.266 e. The minimum atomic E-state index is -0.256. The Morgan fingerprint density at radius 3 is 2.92 bits per heavy atom. The van der Waals surface area contributed by atoms with E-state index in [4.69, 9.17) is 5.26 Å². The summed E-state index contributed by atoms with van der Waals surface area (Å²) in [5.74, 6) is 0. The summed E-state index contributed by atoms with van der Waals surface area (Å²) in [6.45, 7) is 0. The van der Waals surface area contributed by atoms with Crippen molar-refractivity contribution in [3.8, 4) is 6.07 Å². The number of aromatic nitrogens is 2. The van der Waals surface area contributed by atoms with Gasteiger partial charge in [0.05, 0.1) is 5.52 Å². The van der Waals surface area contributed by atoms with Gasteiger partial charge in [0.25, 0.3) is 5.56 Å². The molecule has 0 saturated carbocycles. The Bertz CT molecular complexity index is 556. The number of nitriles is 1. The van der Waals surface area contributed by atoms with Crippen LogP contribution in [-0.4, -0.2) is 9.20 Å². The van der Waals surface area contributed by atoms with Crippen LogP contribution in [-0.2, 0) is 7.05 Å². The normalized spacial score (nSPS) is 10.2. The lowest BCUT2D eigenvalue weighted by molar-refractivity contribution is 0.680. The zero-order valence-corrected chi connectivity index (χ0v) is 7.06. The Morgan fingerprint density at radius 2 is 2.23 bits per heavy atom. The van der Waals surface area contributed by atoms with Crippen molar-refractivity contribution >= 4 is 5.52 Å². The van der Waals surface area contributed by atoms with E-state index >= 15 is 0 Å². The summed E-state index contributed by atoms with van der Waals surface area (Å²) in [6, 6.07) is 7.27. The quantitative estimate of drug-likeness (QED) is 0.582. The number of pyridine rings is 1. The Balaban J connectivity index is 3.10. The largest absolute Gasteiger partial charge is 0.285 e. The van der Waals surface area contributed by atoms with E-state index < -0.39 is 0 Å². The second-order valence-electron chi connectivity index (χ2n) is 2.75. The van der Waals surface area contributed by atoms with Gasteiger partial charge in [-0.05, 0) is 12.1 Å². The number of nitrogens with zero attached hydrogens (tertiary/aromatic N) is 3. The fourth-order valence-electron chi connectivity index (χ4n) is 1.37. The minimum Gasteiger partial charge on any atom is -0.266 e. The number of hydrogen-bond donors (Lipinski definition) is 0. The molecule has 0 aliphatic carbocycles. The standard InChI is InChI=1S/C9H7N3O/c1-11-9(13)7(6-10)8-4-2-3-5-12(8)11/h2-5H,1H3. The topological polar surface area (TPSA) is 50.2 Å². The van der Waals surface area contributed by atoms with Gasteiger partial charge in [-0.15, -0.1) is 0 Å². The van der Waals surface area contributed by atoms with Crippen LogP contribution in [0.25, 0.3) is 5.52 Å². The van der Waals surface area contributed by atoms with Crippen LogP contribution in [0.5, 0.6) is 0 Å². The van der Waals surface area contributed by atoms with Gasteiger partial charge in [-0.25, -0.2) is 4.68 Å². The Morgan fingerprint density at radius 1 is 1.46 bits per heavy atom. The van der Waals surface area contributed by atoms with Gasteiger partial charge in [0, 0.05) is 13.2 Å². The third-order valence-electron chi connectivity index (χ3n) is 2.04. The van der Waals surface area contributed by atoms with E-state index in [1.807, 2.05) is 12.1 Å². The summed E-state index contributed by atoms with van der Waals surface area (Å²) in [5.41, 5.74) is 0.592. The van der Waals surface area contributed by atoms with Crippen molar-refractivity contribution in [2.24, 2.45) is 7.05 Å². The SMILES string of the molecule is Cn1c(=O)c(C#N)c2ccccn21. The molecule has 2 rings (SSSR count). The van der Waals surface area contributed by atoms with Crippen molar-refractivity contribution in [1.29, 1.82) is 5.26 Å². The molecule has 13 heavy (non-hydrogen) atoms. The second-order valence-corrected chi connectivity index (χ2v) is 2.75. The lowest BCUT2D eigenvalue weighted by atomic mass is 10.3. The molecule has 2 aromatic rings. The van der Waals surface area contributed by atoms with E-state index in [1.165, 1.54) is 4.68 Å². The Labute approximate surface area is 74.2 Å². The van der Waals surface area contributed by atoms with Crippen molar-refractivity contribution in [2.75, 3.05) is 0 Å². The summed E-state index contributed by atoms with van der Waals surface area (Å²) < 4.78 is 3.06. The fraction of sp³-hybridized carbons (Fsp3) is 0.111. The molecule has 0 spiro atoms. The van der Waals surface area contributed by atoms with Crippen LogP contribution in [0.1, 0.15) is 5.56 Å². The highest BCUT2D eigenvalue weighted by Gasteiger charge is 2.09. The van der Waals surface area contributed by atoms with Gasteiger partial charge in [0.2, 0.25) is 0 Å². The van der Waals surface area contributed by atoms with Crippen LogP contribution in [0.4, 0.5) is 0 Å². The molecule has 0 aliphatic heterocycles. The molecule has 0 fully saturated rings. The summed E-state index contributed by atoms with van der Waals surface area (Å²) in [4.78, 5) is 11.4. The third kappa shape index (κ3) is 0.873. The van der Waals surface area contributed by atoms with Gasteiger partial charge in [-0.2, -0.15) is 5.26 Å². The van der Waals surface area contributed by atoms with E-state index in [0.717, 1.165) is 0 Å². The highest BCUT2D eigenvalue weighted by atomic mass is 16.1. The minimum absolute atomic E-state index is 0.197. The molecule has 2 aromatic heterocycles. The van der Waals surface area contributed by atoms with E-state index in [1.54, 1.807) is 29.9 Å². The Kier molecular flexibility index (Phi) is 1.46. The maximum Gasteiger partial charge on any atom is 0.285 e.